The highest BCUT2D eigenvalue weighted by atomic mass is 32.2. The van der Waals surface area contributed by atoms with E-state index in [1.165, 1.54) is 28.7 Å². The second-order valence-corrected chi connectivity index (χ2v) is 9.44. The van der Waals surface area contributed by atoms with Crippen molar-refractivity contribution in [2.75, 3.05) is 10.7 Å². The van der Waals surface area contributed by atoms with Crippen LogP contribution in [0.3, 0.4) is 0 Å². The molecule has 0 bridgehead atoms. The lowest BCUT2D eigenvalue weighted by Crippen LogP contribution is -2.37. The van der Waals surface area contributed by atoms with E-state index in [9.17, 15) is 9.59 Å². The molecular weight excluding hydrogens is 442 g/mol. The number of fused-ring (bicyclic) bond motifs is 2. The van der Waals surface area contributed by atoms with Crippen LogP contribution >= 0.6 is 23.1 Å². The van der Waals surface area contributed by atoms with Gasteiger partial charge in [-0.2, -0.15) is 0 Å². The molecule has 0 unspecified atom stereocenters. The topological polar surface area (TPSA) is 68.3 Å². The number of amides is 1. The molecule has 0 aliphatic carbocycles. The molecular formula is C24H21N3O3S2. The zero-order valence-electron chi connectivity index (χ0n) is 17.5. The van der Waals surface area contributed by atoms with Crippen molar-refractivity contribution in [3.63, 3.8) is 0 Å². The smallest absolute Gasteiger partial charge is 0.263 e. The summed E-state index contributed by atoms with van der Waals surface area (Å²) in [6, 6.07) is 11.7. The van der Waals surface area contributed by atoms with E-state index >= 15 is 0 Å². The van der Waals surface area contributed by atoms with Crippen molar-refractivity contribution in [3.05, 3.63) is 76.6 Å². The highest BCUT2D eigenvalue weighted by Crippen LogP contribution is 2.34. The number of hydrogen-bond donors (Lipinski definition) is 0. The van der Waals surface area contributed by atoms with Crippen LogP contribution in [-0.2, 0) is 17.8 Å². The summed E-state index contributed by atoms with van der Waals surface area (Å²) < 4.78 is 7.08. The van der Waals surface area contributed by atoms with Crippen LogP contribution in [0, 0.1) is 0 Å². The molecule has 6 nitrogen and oxygen atoms in total. The van der Waals surface area contributed by atoms with Gasteiger partial charge >= 0.3 is 0 Å². The molecule has 0 saturated carbocycles. The van der Waals surface area contributed by atoms with Gasteiger partial charge in [0.2, 0.25) is 5.91 Å². The van der Waals surface area contributed by atoms with E-state index in [0.717, 1.165) is 17.7 Å². The molecule has 1 aliphatic rings. The van der Waals surface area contributed by atoms with Gasteiger partial charge in [-0.15, -0.1) is 17.9 Å². The monoisotopic (exact) mass is 463 g/mol. The predicted octanol–water partition coefficient (Wildman–Crippen LogP) is 4.97. The number of anilines is 1. The number of rotatable bonds is 6. The lowest BCUT2D eigenvalue weighted by molar-refractivity contribution is -0.116. The summed E-state index contributed by atoms with van der Waals surface area (Å²) >= 11 is 2.69. The number of carbonyl (C=O) groups excluding carboxylic acids is 1. The van der Waals surface area contributed by atoms with Gasteiger partial charge in [0.15, 0.2) is 5.16 Å². The van der Waals surface area contributed by atoms with Crippen LogP contribution in [0.25, 0.3) is 21.5 Å². The van der Waals surface area contributed by atoms with E-state index in [4.69, 9.17) is 9.40 Å². The van der Waals surface area contributed by atoms with Gasteiger partial charge in [0, 0.05) is 29.2 Å². The van der Waals surface area contributed by atoms with Crippen molar-refractivity contribution < 1.29 is 9.21 Å². The molecule has 8 heteroatoms. The van der Waals surface area contributed by atoms with Gasteiger partial charge in [0.1, 0.15) is 10.6 Å². The predicted molar refractivity (Wildman–Crippen MR) is 130 cm³/mol. The Kier molecular flexibility index (Phi) is 5.48. The molecule has 1 amide bonds. The largest absolute Gasteiger partial charge is 0.464 e. The Morgan fingerprint density at radius 3 is 2.97 bits per heavy atom. The van der Waals surface area contributed by atoms with Crippen LogP contribution in [-0.4, -0.2) is 27.3 Å². The van der Waals surface area contributed by atoms with Gasteiger partial charge in [-0.25, -0.2) is 4.98 Å². The molecule has 0 saturated heterocycles. The van der Waals surface area contributed by atoms with Crippen LogP contribution < -0.4 is 10.5 Å². The number of carbonyl (C=O) groups is 1. The van der Waals surface area contributed by atoms with Crippen molar-refractivity contribution in [2.45, 2.75) is 31.1 Å². The van der Waals surface area contributed by atoms with Crippen molar-refractivity contribution >= 4 is 44.9 Å². The third kappa shape index (κ3) is 3.49. The van der Waals surface area contributed by atoms with E-state index in [0.29, 0.717) is 27.7 Å². The molecule has 1 aliphatic heterocycles. The number of benzene rings is 1. The van der Waals surface area contributed by atoms with Gasteiger partial charge in [0.05, 0.1) is 17.4 Å². The molecule has 1 atom stereocenters. The molecule has 5 rings (SSSR count). The molecule has 3 aromatic heterocycles. The summed E-state index contributed by atoms with van der Waals surface area (Å²) in [6.07, 6.45) is 4.10. The fourth-order valence-corrected chi connectivity index (χ4v) is 6.00. The first-order chi connectivity index (χ1) is 15.6. The van der Waals surface area contributed by atoms with Crippen molar-refractivity contribution in [2.24, 2.45) is 0 Å². The van der Waals surface area contributed by atoms with E-state index in [1.807, 2.05) is 34.5 Å². The number of para-hydroxylation sites is 1. The van der Waals surface area contributed by atoms with Gasteiger partial charge in [-0.3, -0.25) is 14.2 Å². The second kappa shape index (κ2) is 8.44. The number of thioether (sulfide) groups is 1. The van der Waals surface area contributed by atoms with E-state index in [-0.39, 0.29) is 23.3 Å². The normalized spacial score (nSPS) is 15.3. The third-order valence-electron chi connectivity index (χ3n) is 5.56. The van der Waals surface area contributed by atoms with Crippen molar-refractivity contribution in [1.82, 2.24) is 9.55 Å². The number of hydrogen-bond acceptors (Lipinski definition) is 6. The van der Waals surface area contributed by atoms with Crippen molar-refractivity contribution in [1.29, 1.82) is 0 Å². The average molecular weight is 464 g/mol. The molecule has 1 aromatic carbocycles. The number of thiophene rings is 1. The maximum atomic E-state index is 13.4. The van der Waals surface area contributed by atoms with Gasteiger partial charge in [-0.05, 0) is 37.1 Å². The van der Waals surface area contributed by atoms with Crippen LogP contribution in [0.5, 0.6) is 0 Å². The number of aromatic nitrogens is 2. The standard InChI is InChI=1S/C24H21N3O3S2/c1-3-10-26-23(29)21-17(19-9-6-11-30-19)13-31-22(21)25-24(26)32-14-20(28)27-15(2)12-16-7-4-5-8-18(16)27/h3-9,11,13,15H,1,10,12,14H2,2H3/t15-/m0/s1. The van der Waals surface area contributed by atoms with Crippen LogP contribution in [0.2, 0.25) is 0 Å². The van der Waals surface area contributed by atoms with Crippen LogP contribution in [0.4, 0.5) is 5.69 Å². The zero-order valence-corrected chi connectivity index (χ0v) is 19.1. The molecule has 0 N–H and O–H groups in total. The summed E-state index contributed by atoms with van der Waals surface area (Å²) in [5.74, 6) is 0.844. The maximum Gasteiger partial charge on any atom is 0.263 e. The Balaban J connectivity index is 1.47. The minimum absolute atomic E-state index is 0.00871. The zero-order chi connectivity index (χ0) is 22.2. The summed E-state index contributed by atoms with van der Waals surface area (Å²) in [5.41, 5.74) is 2.74. The summed E-state index contributed by atoms with van der Waals surface area (Å²) in [7, 11) is 0. The summed E-state index contributed by atoms with van der Waals surface area (Å²) in [5, 5.41) is 2.94. The number of furan rings is 1. The Hall–Kier alpha value is -3.10. The Labute approximate surface area is 193 Å². The van der Waals surface area contributed by atoms with E-state index in [2.05, 4.69) is 19.6 Å². The fourth-order valence-electron chi connectivity index (χ4n) is 4.16. The Bertz CT molecular complexity index is 1370. The summed E-state index contributed by atoms with van der Waals surface area (Å²) in [4.78, 5) is 33.7. The lowest BCUT2D eigenvalue weighted by Gasteiger charge is -2.22. The van der Waals surface area contributed by atoms with E-state index in [1.54, 1.807) is 23.0 Å². The highest BCUT2D eigenvalue weighted by Gasteiger charge is 2.30. The quantitative estimate of drug-likeness (QED) is 0.229. The maximum absolute atomic E-state index is 13.4. The number of allylic oxidation sites excluding steroid dienone is 1. The Morgan fingerprint density at radius 2 is 2.19 bits per heavy atom. The SMILES string of the molecule is C=CCn1c(SCC(=O)N2c3ccccc3C[C@@H]2C)nc2scc(-c3ccco3)c2c1=O. The summed E-state index contributed by atoms with van der Waals surface area (Å²) in [6.45, 7) is 6.16. The molecule has 0 radical (unpaired) electrons. The third-order valence-corrected chi connectivity index (χ3v) is 7.39. The van der Waals surface area contributed by atoms with E-state index < -0.39 is 0 Å². The van der Waals surface area contributed by atoms with Crippen molar-refractivity contribution in [3.8, 4) is 11.3 Å². The van der Waals surface area contributed by atoms with Crippen LogP contribution in [0.15, 0.2) is 75.1 Å². The first-order valence-corrected chi connectivity index (χ1v) is 12.1. The molecule has 32 heavy (non-hydrogen) atoms. The average Bonchev–Trinajstić information content (AvgIpc) is 3.51. The highest BCUT2D eigenvalue weighted by molar-refractivity contribution is 7.99. The fraction of sp³-hybridized carbons (Fsp3) is 0.208. The first kappa shape index (κ1) is 20.8. The molecule has 0 spiro atoms. The van der Waals surface area contributed by atoms with Gasteiger partial charge in [0.25, 0.3) is 5.56 Å². The molecule has 0 fully saturated rings. The van der Waals surface area contributed by atoms with Gasteiger partial charge < -0.3 is 9.32 Å². The molecule has 162 valence electrons. The second-order valence-electron chi connectivity index (χ2n) is 7.64. The minimum Gasteiger partial charge on any atom is -0.464 e. The molecule has 4 heterocycles. The Morgan fingerprint density at radius 1 is 1.34 bits per heavy atom. The minimum atomic E-state index is -0.155. The lowest BCUT2D eigenvalue weighted by atomic mass is 10.1. The number of nitrogens with zero attached hydrogens (tertiary/aromatic N) is 3. The van der Waals surface area contributed by atoms with Gasteiger partial charge in [-0.1, -0.05) is 36.0 Å². The molecule has 4 aromatic rings. The first-order valence-electron chi connectivity index (χ1n) is 10.3. The van der Waals surface area contributed by atoms with Crippen LogP contribution in [0.1, 0.15) is 12.5 Å².